The lowest BCUT2D eigenvalue weighted by molar-refractivity contribution is -0.0572. The lowest BCUT2D eigenvalue weighted by atomic mass is 10.0. The molecule has 0 radical (unpaired) electrons. The zero-order chi connectivity index (χ0) is 24.0. The molecule has 0 saturated carbocycles. The molecule has 182 valence electrons. The normalized spacial score (nSPS) is 30.0. The molecule has 1 aromatic heterocycles. The number of nitrogens with zero attached hydrogens (tertiary/aromatic N) is 1. The molecular weight excluding hydrogens is 444 g/mol. The highest BCUT2D eigenvalue weighted by molar-refractivity contribution is 6.83. The maximum Gasteiger partial charge on any atom is 0.335 e. The minimum atomic E-state index is -2.75. The molecule has 3 rings (SSSR count). The Bertz CT molecular complexity index is 896. The monoisotopic (exact) mass is 484 g/mol. The number of ether oxygens (including phenoxy) is 1. The molecular formula is C22H40N2O6Si2. The molecule has 0 spiro atoms. The van der Waals surface area contributed by atoms with Gasteiger partial charge in [-0.25, -0.2) is 4.79 Å². The van der Waals surface area contributed by atoms with Crippen molar-refractivity contribution in [2.75, 3.05) is 6.61 Å². The third kappa shape index (κ3) is 4.25. The van der Waals surface area contributed by atoms with E-state index in [-0.39, 0.29) is 40.3 Å². The van der Waals surface area contributed by atoms with Crippen molar-refractivity contribution in [2.45, 2.75) is 103 Å². The highest BCUT2D eigenvalue weighted by Gasteiger charge is 2.61. The van der Waals surface area contributed by atoms with E-state index in [2.05, 4.69) is 60.4 Å². The SMILES string of the molecule is CC1C2O[Si](C(C)C)(C(C)C)O[Si](C(C)C)(C(C)C)OCC2OC1n1ccc(=O)[nH]c1=O. The number of fused-ring (bicyclic) bond motifs is 1. The molecule has 1 N–H and O–H groups in total. The van der Waals surface area contributed by atoms with Crippen molar-refractivity contribution in [3.63, 3.8) is 0 Å². The average Bonchev–Trinajstić information content (AvgIpc) is 2.96. The standard InChI is InChI=1S/C22H40N2O6Si2/c1-13(2)31(14(3)4)27-12-18-20(29-32(30-31,15(5)6)16(7)8)17(9)21(28-18)24-11-10-19(25)23-22(24)26/h10-11,13-18,20-21H,12H2,1-9H3,(H,23,25,26). The third-order valence-electron chi connectivity index (χ3n) is 7.11. The van der Waals surface area contributed by atoms with Gasteiger partial charge >= 0.3 is 22.8 Å². The van der Waals surface area contributed by atoms with Gasteiger partial charge in [-0.3, -0.25) is 14.3 Å². The van der Waals surface area contributed by atoms with Gasteiger partial charge in [0.15, 0.2) is 0 Å². The minimum Gasteiger partial charge on any atom is -0.414 e. The second-order valence-electron chi connectivity index (χ2n) is 10.5. The van der Waals surface area contributed by atoms with Crippen LogP contribution in [0.1, 0.15) is 68.5 Å². The van der Waals surface area contributed by atoms with Crippen LogP contribution in [0.4, 0.5) is 0 Å². The van der Waals surface area contributed by atoms with Gasteiger partial charge in [-0.15, -0.1) is 0 Å². The predicted octanol–water partition coefficient (Wildman–Crippen LogP) is 4.03. The Morgan fingerprint density at radius 2 is 1.53 bits per heavy atom. The molecule has 1 aromatic rings. The van der Waals surface area contributed by atoms with Gasteiger partial charge in [-0.1, -0.05) is 62.3 Å². The molecule has 8 nitrogen and oxygen atoms in total. The van der Waals surface area contributed by atoms with E-state index in [4.69, 9.17) is 17.7 Å². The Labute approximate surface area is 193 Å². The largest absolute Gasteiger partial charge is 0.414 e. The van der Waals surface area contributed by atoms with Crippen LogP contribution in [0.2, 0.25) is 22.2 Å². The Kier molecular flexibility index (Phi) is 7.44. The summed E-state index contributed by atoms with van der Waals surface area (Å²) in [4.78, 5) is 26.4. The number of aromatic amines is 1. The lowest BCUT2D eigenvalue weighted by Gasteiger charge is -2.51. The van der Waals surface area contributed by atoms with Crippen LogP contribution in [-0.2, 0) is 17.7 Å². The summed E-state index contributed by atoms with van der Waals surface area (Å²) in [6, 6.07) is 1.34. The topological polar surface area (TPSA) is 91.8 Å². The fourth-order valence-corrected chi connectivity index (χ4v) is 16.6. The number of H-pyrrole nitrogens is 1. The molecule has 10 heteroatoms. The summed E-state index contributed by atoms with van der Waals surface area (Å²) >= 11 is 0. The van der Waals surface area contributed by atoms with E-state index < -0.39 is 34.6 Å². The van der Waals surface area contributed by atoms with E-state index in [1.165, 1.54) is 16.8 Å². The van der Waals surface area contributed by atoms with E-state index in [0.29, 0.717) is 6.61 Å². The highest BCUT2D eigenvalue weighted by atomic mass is 28.5. The maximum absolute atomic E-state index is 12.5. The van der Waals surface area contributed by atoms with E-state index in [1.54, 1.807) is 0 Å². The van der Waals surface area contributed by atoms with Crippen LogP contribution in [-0.4, -0.2) is 45.5 Å². The van der Waals surface area contributed by atoms with Gasteiger partial charge in [0, 0.05) is 18.2 Å². The van der Waals surface area contributed by atoms with Gasteiger partial charge < -0.3 is 17.7 Å². The number of hydrogen-bond donors (Lipinski definition) is 1. The molecule has 4 atom stereocenters. The Balaban J connectivity index is 2.08. The minimum absolute atomic E-state index is 0.118. The van der Waals surface area contributed by atoms with E-state index in [0.717, 1.165) is 0 Å². The van der Waals surface area contributed by atoms with Crippen molar-refractivity contribution in [1.82, 2.24) is 9.55 Å². The molecule has 0 aromatic carbocycles. The molecule has 2 fully saturated rings. The van der Waals surface area contributed by atoms with Crippen LogP contribution < -0.4 is 11.2 Å². The quantitative estimate of drug-likeness (QED) is 0.635. The van der Waals surface area contributed by atoms with Crippen molar-refractivity contribution in [1.29, 1.82) is 0 Å². The summed E-state index contributed by atoms with van der Waals surface area (Å²) in [7, 11) is -5.39. The van der Waals surface area contributed by atoms with E-state index in [9.17, 15) is 9.59 Å². The summed E-state index contributed by atoms with van der Waals surface area (Å²) in [6.07, 6.45) is 0.375. The predicted molar refractivity (Wildman–Crippen MR) is 128 cm³/mol. The fourth-order valence-electron chi connectivity index (χ4n) is 5.28. The molecule has 2 aliphatic rings. The molecule has 0 amide bonds. The lowest BCUT2D eigenvalue weighted by Crippen LogP contribution is -2.65. The Morgan fingerprint density at radius 1 is 0.969 bits per heavy atom. The first-order valence-corrected chi connectivity index (χ1v) is 15.8. The molecule has 3 heterocycles. The number of nitrogens with one attached hydrogen (secondary N) is 1. The fraction of sp³-hybridized carbons (Fsp3) is 0.818. The number of rotatable bonds is 5. The smallest absolute Gasteiger partial charge is 0.335 e. The van der Waals surface area contributed by atoms with Crippen molar-refractivity contribution < 1.29 is 17.7 Å². The molecule has 4 unspecified atom stereocenters. The highest BCUT2D eigenvalue weighted by Crippen LogP contribution is 2.49. The van der Waals surface area contributed by atoms with Crippen molar-refractivity contribution in [2.24, 2.45) is 5.92 Å². The average molecular weight is 485 g/mol. The van der Waals surface area contributed by atoms with Gasteiger partial charge in [0.2, 0.25) is 0 Å². The summed E-state index contributed by atoms with van der Waals surface area (Å²) in [6.45, 7) is 19.9. The molecule has 2 aliphatic heterocycles. The second kappa shape index (κ2) is 9.30. The van der Waals surface area contributed by atoms with Gasteiger partial charge in [-0.2, -0.15) is 0 Å². The van der Waals surface area contributed by atoms with Crippen LogP contribution in [0, 0.1) is 5.92 Å². The summed E-state index contributed by atoms with van der Waals surface area (Å²) in [5, 5.41) is 0. The van der Waals surface area contributed by atoms with Gasteiger partial charge in [0.05, 0.1) is 12.7 Å². The third-order valence-corrected chi connectivity index (χ3v) is 17.4. The van der Waals surface area contributed by atoms with Crippen molar-refractivity contribution in [3.8, 4) is 0 Å². The summed E-state index contributed by atoms with van der Waals surface area (Å²) in [5.41, 5.74) is 0.0381. The number of hydrogen-bond acceptors (Lipinski definition) is 6. The zero-order valence-corrected chi connectivity index (χ0v) is 22.9. The molecule has 0 bridgehead atoms. The first kappa shape index (κ1) is 25.6. The second-order valence-corrected chi connectivity index (χ2v) is 19.3. The Hall–Kier alpha value is -1.05. The van der Waals surface area contributed by atoms with Crippen molar-refractivity contribution in [3.05, 3.63) is 33.1 Å². The van der Waals surface area contributed by atoms with E-state index >= 15 is 0 Å². The molecule has 32 heavy (non-hydrogen) atoms. The maximum atomic E-state index is 12.5. The van der Waals surface area contributed by atoms with Gasteiger partial charge in [0.25, 0.3) is 5.56 Å². The van der Waals surface area contributed by atoms with Crippen molar-refractivity contribution >= 4 is 17.1 Å². The molecule has 0 aliphatic carbocycles. The van der Waals surface area contributed by atoms with Crippen LogP contribution in [0.25, 0.3) is 0 Å². The number of aromatic nitrogens is 2. The van der Waals surface area contributed by atoms with E-state index in [1.807, 2.05) is 6.92 Å². The molecule has 2 saturated heterocycles. The van der Waals surface area contributed by atoms with Gasteiger partial charge in [-0.05, 0) is 22.2 Å². The summed E-state index contributed by atoms with van der Waals surface area (Å²) in [5.74, 6) is -0.118. The van der Waals surface area contributed by atoms with Crippen LogP contribution in [0.15, 0.2) is 21.9 Å². The summed E-state index contributed by atoms with van der Waals surface area (Å²) < 4.78 is 28.9. The Morgan fingerprint density at radius 3 is 2.03 bits per heavy atom. The first-order chi connectivity index (χ1) is 14.9. The van der Waals surface area contributed by atoms with Crippen LogP contribution >= 0.6 is 0 Å². The zero-order valence-electron chi connectivity index (χ0n) is 20.9. The first-order valence-electron chi connectivity index (χ1n) is 11.8. The van der Waals surface area contributed by atoms with Gasteiger partial charge in [0.1, 0.15) is 12.3 Å². The van der Waals surface area contributed by atoms with Crippen LogP contribution in [0.5, 0.6) is 0 Å². The van der Waals surface area contributed by atoms with Crippen LogP contribution in [0.3, 0.4) is 0 Å².